The van der Waals surface area contributed by atoms with Crippen molar-refractivity contribution in [3.05, 3.63) is 53.6 Å². The van der Waals surface area contributed by atoms with Gasteiger partial charge in [0.2, 0.25) is 6.79 Å². The van der Waals surface area contributed by atoms with E-state index < -0.39 is 18.7 Å². The molecule has 0 bridgehead atoms. The van der Waals surface area contributed by atoms with Crippen LogP contribution in [0.3, 0.4) is 0 Å². The van der Waals surface area contributed by atoms with Gasteiger partial charge in [0.1, 0.15) is 0 Å². The largest absolute Gasteiger partial charge is 0.428 e. The van der Waals surface area contributed by atoms with Crippen molar-refractivity contribution < 1.29 is 23.9 Å². The van der Waals surface area contributed by atoms with Gasteiger partial charge in [0.25, 0.3) is 0 Å². The molecule has 0 radical (unpaired) electrons. The Kier molecular flexibility index (Phi) is 12.6. The number of carbonyl (C=O) groups excluding carboxylic acids is 3. The summed E-state index contributed by atoms with van der Waals surface area (Å²) in [7, 11) is 1.62. The first-order valence-electron chi connectivity index (χ1n) is 13.1. The second-order valence-electron chi connectivity index (χ2n) is 10.2. The smallest absolute Gasteiger partial charge is 0.323 e. The highest BCUT2D eigenvalue weighted by Crippen LogP contribution is 2.30. The molecule has 0 spiro atoms. The lowest BCUT2D eigenvalue weighted by Crippen LogP contribution is -2.32. The molecule has 2 aromatic rings. The van der Waals surface area contributed by atoms with Gasteiger partial charge in [0.15, 0.2) is 0 Å². The molecule has 208 valence electrons. The standard InChI is InChI=1S/C29H42N4O5/c1-20(2)17-33(18-21(3)4)26-13-9-23(10-14-27(34)37-19-38-28(35)16-30-6)15-25(26)32-29(36)31-24-11-7-22(5)8-12-24/h7-9,11-13,15,20-21,30H,10,14,16-19H2,1-6H3,(H2,31,32,36). The van der Waals surface area contributed by atoms with Crippen LogP contribution in [0, 0.1) is 18.8 Å². The van der Waals surface area contributed by atoms with Crippen LogP contribution in [0.4, 0.5) is 21.9 Å². The molecule has 0 aliphatic heterocycles. The molecule has 2 aromatic carbocycles. The number of carbonyl (C=O) groups is 3. The maximum atomic E-state index is 12.9. The number of likely N-dealkylation sites (N-methyl/N-ethyl adjacent to an activating group) is 1. The van der Waals surface area contributed by atoms with Crippen molar-refractivity contribution in [1.29, 1.82) is 0 Å². The molecule has 0 unspecified atom stereocenters. The number of esters is 2. The third-order valence-corrected chi connectivity index (χ3v) is 5.51. The highest BCUT2D eigenvalue weighted by atomic mass is 16.7. The molecule has 9 heteroatoms. The molecule has 0 atom stereocenters. The number of hydrogen-bond acceptors (Lipinski definition) is 7. The van der Waals surface area contributed by atoms with Crippen LogP contribution in [0.1, 0.15) is 45.2 Å². The van der Waals surface area contributed by atoms with Gasteiger partial charge in [-0.25, -0.2) is 4.79 Å². The van der Waals surface area contributed by atoms with Crippen molar-refractivity contribution in [2.24, 2.45) is 11.8 Å². The van der Waals surface area contributed by atoms with E-state index in [0.717, 1.165) is 29.9 Å². The van der Waals surface area contributed by atoms with Gasteiger partial charge in [-0.15, -0.1) is 0 Å². The Morgan fingerprint density at radius 3 is 2.11 bits per heavy atom. The quantitative estimate of drug-likeness (QED) is 0.236. The van der Waals surface area contributed by atoms with Crippen LogP contribution in [0.5, 0.6) is 0 Å². The molecule has 3 N–H and O–H groups in total. The molecule has 2 rings (SSSR count). The second-order valence-corrected chi connectivity index (χ2v) is 10.2. The van der Waals surface area contributed by atoms with Gasteiger partial charge in [0, 0.05) is 25.2 Å². The van der Waals surface area contributed by atoms with E-state index in [1.54, 1.807) is 7.05 Å². The topological polar surface area (TPSA) is 109 Å². The van der Waals surface area contributed by atoms with Crippen molar-refractivity contribution in [1.82, 2.24) is 5.32 Å². The number of ether oxygens (including phenoxy) is 2. The third kappa shape index (κ3) is 11.2. The van der Waals surface area contributed by atoms with Crippen molar-refractivity contribution >= 4 is 35.0 Å². The Labute approximate surface area is 226 Å². The second kappa shape index (κ2) is 15.6. The van der Waals surface area contributed by atoms with E-state index in [1.807, 2.05) is 49.4 Å². The third-order valence-electron chi connectivity index (χ3n) is 5.51. The predicted molar refractivity (Wildman–Crippen MR) is 151 cm³/mol. The Hall–Kier alpha value is -3.59. The average Bonchev–Trinajstić information content (AvgIpc) is 2.83. The predicted octanol–water partition coefficient (Wildman–Crippen LogP) is 4.95. The Bertz CT molecular complexity index is 1040. The van der Waals surface area contributed by atoms with Gasteiger partial charge in [-0.2, -0.15) is 0 Å². The van der Waals surface area contributed by atoms with Crippen LogP contribution in [0.15, 0.2) is 42.5 Å². The van der Waals surface area contributed by atoms with Crippen LogP contribution >= 0.6 is 0 Å². The number of nitrogens with one attached hydrogen (secondary N) is 3. The molecule has 9 nitrogen and oxygen atoms in total. The summed E-state index contributed by atoms with van der Waals surface area (Å²) in [5, 5.41) is 8.57. The van der Waals surface area contributed by atoms with E-state index in [9.17, 15) is 14.4 Å². The highest BCUT2D eigenvalue weighted by Gasteiger charge is 2.17. The highest BCUT2D eigenvalue weighted by molar-refractivity contribution is 6.02. The molecule has 0 aliphatic carbocycles. The van der Waals surface area contributed by atoms with Gasteiger partial charge < -0.3 is 30.3 Å². The number of anilines is 3. The molecule has 0 heterocycles. The van der Waals surface area contributed by atoms with Crippen molar-refractivity contribution in [2.75, 3.05) is 49.0 Å². The van der Waals surface area contributed by atoms with Crippen LogP contribution in [-0.2, 0) is 25.5 Å². The summed E-state index contributed by atoms with van der Waals surface area (Å²) in [5.41, 5.74) is 4.28. The minimum atomic E-state index is -0.497. The molecule has 0 aliphatic rings. The molecule has 38 heavy (non-hydrogen) atoms. The summed E-state index contributed by atoms with van der Waals surface area (Å²) in [5.74, 6) is -0.110. The monoisotopic (exact) mass is 526 g/mol. The Morgan fingerprint density at radius 1 is 0.868 bits per heavy atom. The summed E-state index contributed by atoms with van der Waals surface area (Å²) >= 11 is 0. The number of nitrogens with zero attached hydrogens (tertiary/aromatic N) is 1. The zero-order valence-corrected chi connectivity index (χ0v) is 23.4. The first-order valence-corrected chi connectivity index (χ1v) is 13.1. The molecular weight excluding hydrogens is 484 g/mol. The van der Waals surface area contributed by atoms with Crippen LogP contribution < -0.4 is 20.9 Å². The molecule has 2 amide bonds. The number of aryl methyl sites for hydroxylation is 2. The van der Waals surface area contributed by atoms with E-state index in [0.29, 0.717) is 29.6 Å². The summed E-state index contributed by atoms with van der Waals surface area (Å²) in [6.07, 6.45) is 0.520. The number of amides is 2. The Balaban J connectivity index is 2.17. The summed E-state index contributed by atoms with van der Waals surface area (Å²) in [6, 6.07) is 13.1. The fourth-order valence-electron chi connectivity index (χ4n) is 3.86. The van der Waals surface area contributed by atoms with Gasteiger partial charge in [-0.3, -0.25) is 9.59 Å². The van der Waals surface area contributed by atoms with Gasteiger partial charge >= 0.3 is 18.0 Å². The fraction of sp³-hybridized carbons (Fsp3) is 0.483. The SMILES string of the molecule is CNCC(=O)OCOC(=O)CCc1ccc(N(CC(C)C)CC(C)C)c(NC(=O)Nc2ccc(C)cc2)c1. The normalized spacial score (nSPS) is 10.8. The number of benzene rings is 2. The van der Waals surface area contributed by atoms with Crippen molar-refractivity contribution in [3.8, 4) is 0 Å². The van der Waals surface area contributed by atoms with E-state index in [1.165, 1.54) is 0 Å². The minimum Gasteiger partial charge on any atom is -0.428 e. The summed E-state index contributed by atoms with van der Waals surface area (Å²) in [6.45, 7) is 12.0. The lowest BCUT2D eigenvalue weighted by atomic mass is 10.1. The molecular formula is C29H42N4O5. The number of urea groups is 1. The maximum Gasteiger partial charge on any atom is 0.323 e. The maximum absolute atomic E-state index is 12.9. The van der Waals surface area contributed by atoms with Crippen LogP contribution in [0.25, 0.3) is 0 Å². The van der Waals surface area contributed by atoms with Crippen LogP contribution in [-0.4, -0.2) is 51.4 Å². The van der Waals surface area contributed by atoms with Gasteiger partial charge in [0.05, 0.1) is 17.9 Å². The van der Waals surface area contributed by atoms with Crippen molar-refractivity contribution in [3.63, 3.8) is 0 Å². The average molecular weight is 527 g/mol. The van der Waals surface area contributed by atoms with E-state index in [-0.39, 0.29) is 19.0 Å². The molecule has 0 saturated carbocycles. The lowest BCUT2D eigenvalue weighted by molar-refractivity contribution is -0.166. The van der Waals surface area contributed by atoms with Gasteiger partial charge in [-0.1, -0.05) is 51.5 Å². The van der Waals surface area contributed by atoms with Crippen LogP contribution in [0.2, 0.25) is 0 Å². The van der Waals surface area contributed by atoms with Gasteiger partial charge in [-0.05, 0) is 62.1 Å². The fourth-order valence-corrected chi connectivity index (χ4v) is 3.86. The summed E-state index contributed by atoms with van der Waals surface area (Å²) < 4.78 is 9.83. The molecule has 0 saturated heterocycles. The first-order chi connectivity index (χ1) is 18.1. The molecule has 0 aromatic heterocycles. The van der Waals surface area contributed by atoms with E-state index in [2.05, 4.69) is 48.5 Å². The van der Waals surface area contributed by atoms with E-state index >= 15 is 0 Å². The number of rotatable bonds is 14. The van der Waals surface area contributed by atoms with Crippen molar-refractivity contribution in [2.45, 2.75) is 47.5 Å². The molecule has 0 fully saturated rings. The zero-order chi connectivity index (χ0) is 28.1. The number of hydrogen-bond donors (Lipinski definition) is 3. The lowest BCUT2D eigenvalue weighted by Gasteiger charge is -2.30. The minimum absolute atomic E-state index is 0.0435. The summed E-state index contributed by atoms with van der Waals surface area (Å²) in [4.78, 5) is 38.7. The Morgan fingerprint density at radius 2 is 1.50 bits per heavy atom. The van der Waals surface area contributed by atoms with E-state index in [4.69, 9.17) is 9.47 Å². The zero-order valence-electron chi connectivity index (χ0n) is 23.4. The first kappa shape index (κ1) is 30.6.